The van der Waals surface area contributed by atoms with Crippen LogP contribution < -0.4 is 0 Å². The van der Waals surface area contributed by atoms with Crippen LogP contribution in [0.1, 0.15) is 29.2 Å². The molecule has 8 rings (SSSR count). The summed E-state index contributed by atoms with van der Waals surface area (Å²) in [5.41, 5.74) is 15.1. The molecule has 0 aliphatic carbocycles. The van der Waals surface area contributed by atoms with Crippen LogP contribution in [0.5, 0.6) is 0 Å². The van der Waals surface area contributed by atoms with E-state index in [-0.39, 0.29) is 0 Å². The lowest BCUT2D eigenvalue weighted by molar-refractivity contribution is 1.32. The Labute approximate surface area is 271 Å². The summed E-state index contributed by atoms with van der Waals surface area (Å²) in [7, 11) is 0. The summed E-state index contributed by atoms with van der Waals surface area (Å²) in [5, 5.41) is 12.4. The quantitative estimate of drug-likeness (QED) is 0.181. The molecule has 0 fully saturated rings. The van der Waals surface area contributed by atoms with Gasteiger partial charge in [-0.2, -0.15) is 0 Å². The first-order valence-corrected chi connectivity index (χ1v) is 16.2. The molecule has 0 amide bonds. The zero-order chi connectivity index (χ0) is 31.4. The predicted molar refractivity (Wildman–Crippen MR) is 199 cm³/mol. The average molecular weight is 591 g/mol. The van der Waals surface area contributed by atoms with E-state index in [0.29, 0.717) is 0 Å². The first-order valence-electron chi connectivity index (χ1n) is 16.2. The van der Waals surface area contributed by atoms with Gasteiger partial charge in [0.15, 0.2) is 0 Å². The largest absolute Gasteiger partial charge is 0.681 e. The average Bonchev–Trinajstić information content (AvgIpc) is 3.07. The first-order chi connectivity index (χ1) is 22.5. The number of fused-ring (bicyclic) bond motifs is 3. The van der Waals surface area contributed by atoms with Crippen molar-refractivity contribution in [3.63, 3.8) is 0 Å². The van der Waals surface area contributed by atoms with E-state index < -0.39 is 0 Å². The summed E-state index contributed by atoms with van der Waals surface area (Å²) in [5.74, 6) is 0. The molecular formula is C45H36N-. The van der Waals surface area contributed by atoms with Crippen LogP contribution in [0.4, 0.5) is 0 Å². The predicted octanol–water partition coefficient (Wildman–Crippen LogP) is 12.7. The molecule has 1 nitrogen and oxygen atoms in total. The van der Waals surface area contributed by atoms with Crippen LogP contribution in [-0.2, 0) is 0 Å². The summed E-state index contributed by atoms with van der Waals surface area (Å²) in [6.45, 7) is 9.55. The number of hydrogen-bond donors (Lipinski definition) is 0. The van der Waals surface area contributed by atoms with Gasteiger partial charge in [-0.3, -0.25) is 0 Å². The lowest BCUT2D eigenvalue weighted by Gasteiger charge is -2.28. The molecule has 1 heterocycles. The molecule has 0 bridgehead atoms. The van der Waals surface area contributed by atoms with Gasteiger partial charge in [0.25, 0.3) is 0 Å². The molecule has 0 aromatic heterocycles. The maximum absolute atomic E-state index is 4.75. The second-order valence-electron chi connectivity index (χ2n) is 12.7. The van der Waals surface area contributed by atoms with Crippen LogP contribution in [0.25, 0.3) is 76.7 Å². The fraction of sp³-hybridized carbons (Fsp3) is 0.111. The molecule has 1 heteroatoms. The van der Waals surface area contributed by atoms with Crippen LogP contribution in [0.3, 0.4) is 0 Å². The maximum atomic E-state index is 4.75. The standard InChI is InChI=1S/C45H36N/c1-28-23-24-46-42(27-28)32-19-21-33(22-20-32)44-38-11-5-7-13-40(38)45(41-14-8-6-12-39(41)44)37-18-10-15-34-35(37)16-9-17-36(34)43-30(3)25-29(2)26-31(43)4/h5-23,25-27H,24H2,1-4H3/q-1. The Hall–Kier alpha value is -5.40. The summed E-state index contributed by atoms with van der Waals surface area (Å²) in [6, 6.07) is 45.1. The van der Waals surface area contributed by atoms with Gasteiger partial charge in [0.05, 0.1) is 0 Å². The highest BCUT2D eigenvalue weighted by atomic mass is 14.9. The molecule has 0 saturated heterocycles. The molecule has 0 radical (unpaired) electrons. The molecular weight excluding hydrogens is 555 g/mol. The van der Waals surface area contributed by atoms with Crippen molar-refractivity contribution in [2.24, 2.45) is 0 Å². The molecule has 222 valence electrons. The van der Waals surface area contributed by atoms with Crippen LogP contribution in [0.15, 0.2) is 139 Å². The first kappa shape index (κ1) is 28.1. The monoisotopic (exact) mass is 590 g/mol. The van der Waals surface area contributed by atoms with Gasteiger partial charge < -0.3 is 5.32 Å². The number of benzene rings is 7. The van der Waals surface area contributed by atoms with Crippen LogP contribution in [-0.4, -0.2) is 6.54 Å². The van der Waals surface area contributed by atoms with E-state index in [1.807, 2.05) is 0 Å². The highest BCUT2D eigenvalue weighted by Crippen LogP contribution is 2.46. The minimum Gasteiger partial charge on any atom is -0.681 e. The fourth-order valence-electron chi connectivity index (χ4n) is 7.67. The molecule has 0 unspecified atom stereocenters. The van der Waals surface area contributed by atoms with Gasteiger partial charge in [-0.1, -0.05) is 145 Å². The zero-order valence-electron chi connectivity index (χ0n) is 26.9. The summed E-state index contributed by atoms with van der Waals surface area (Å²) in [6.07, 6.45) is 4.34. The number of allylic oxidation sites excluding steroid dienone is 2. The minimum atomic E-state index is 0.746. The number of aryl methyl sites for hydroxylation is 3. The van der Waals surface area contributed by atoms with Crippen molar-refractivity contribution in [3.8, 4) is 33.4 Å². The Balaban J connectivity index is 1.38. The van der Waals surface area contributed by atoms with Gasteiger partial charge in [0.2, 0.25) is 0 Å². The molecule has 46 heavy (non-hydrogen) atoms. The lowest BCUT2D eigenvalue weighted by atomic mass is 9.83. The zero-order valence-corrected chi connectivity index (χ0v) is 26.9. The maximum Gasteiger partial charge on any atom is -0.00201 e. The molecule has 0 N–H and O–H groups in total. The summed E-state index contributed by atoms with van der Waals surface area (Å²) in [4.78, 5) is 0. The smallest absolute Gasteiger partial charge is 0.00201 e. The third-order valence-electron chi connectivity index (χ3n) is 9.58. The van der Waals surface area contributed by atoms with E-state index in [4.69, 9.17) is 5.32 Å². The molecule has 0 saturated carbocycles. The molecule has 7 aromatic rings. The van der Waals surface area contributed by atoms with E-state index in [1.165, 1.54) is 88.0 Å². The van der Waals surface area contributed by atoms with Crippen LogP contribution in [0, 0.1) is 20.8 Å². The Morgan fingerprint density at radius 2 is 0.935 bits per heavy atom. The SMILES string of the molecule is CC1=CC[N-]C(c2ccc(-c3c4ccccc4c(-c4cccc5c(-c6c(C)cc(C)cc6C)cccc45)c4ccccc34)cc2)=C1. The third-order valence-corrected chi connectivity index (χ3v) is 9.58. The van der Waals surface area contributed by atoms with Crippen molar-refractivity contribution >= 4 is 38.0 Å². The summed E-state index contributed by atoms with van der Waals surface area (Å²) >= 11 is 0. The topological polar surface area (TPSA) is 14.1 Å². The normalized spacial score (nSPS) is 13.1. The molecule has 1 aliphatic heterocycles. The molecule has 0 spiro atoms. The number of hydrogen-bond acceptors (Lipinski definition) is 0. The van der Waals surface area contributed by atoms with Gasteiger partial charge in [0, 0.05) is 0 Å². The Morgan fingerprint density at radius 1 is 0.457 bits per heavy atom. The molecule has 7 aromatic carbocycles. The Kier molecular flexibility index (Phi) is 6.84. The fourth-order valence-corrected chi connectivity index (χ4v) is 7.67. The van der Waals surface area contributed by atoms with Crippen molar-refractivity contribution in [3.05, 3.63) is 167 Å². The molecule has 0 atom stereocenters. The Bertz CT molecular complexity index is 2300. The van der Waals surface area contributed by atoms with Gasteiger partial charge in [-0.15, -0.1) is 12.2 Å². The lowest BCUT2D eigenvalue weighted by Crippen LogP contribution is -1.94. The van der Waals surface area contributed by atoms with Gasteiger partial charge in [0.1, 0.15) is 0 Å². The van der Waals surface area contributed by atoms with Crippen molar-refractivity contribution < 1.29 is 0 Å². The van der Waals surface area contributed by atoms with E-state index in [2.05, 4.69) is 161 Å². The van der Waals surface area contributed by atoms with E-state index in [0.717, 1.165) is 17.8 Å². The van der Waals surface area contributed by atoms with Gasteiger partial charge >= 0.3 is 0 Å². The van der Waals surface area contributed by atoms with Gasteiger partial charge in [-0.25, -0.2) is 0 Å². The van der Waals surface area contributed by atoms with Crippen molar-refractivity contribution in [1.82, 2.24) is 0 Å². The number of rotatable bonds is 4. The third kappa shape index (κ3) is 4.63. The summed E-state index contributed by atoms with van der Waals surface area (Å²) < 4.78 is 0. The van der Waals surface area contributed by atoms with E-state index >= 15 is 0 Å². The second-order valence-corrected chi connectivity index (χ2v) is 12.7. The van der Waals surface area contributed by atoms with Crippen LogP contribution >= 0.6 is 0 Å². The Morgan fingerprint density at radius 3 is 1.48 bits per heavy atom. The highest BCUT2D eigenvalue weighted by Gasteiger charge is 2.19. The molecule has 1 aliphatic rings. The minimum absolute atomic E-state index is 0.746. The number of nitrogens with zero attached hydrogens (tertiary/aromatic N) is 1. The van der Waals surface area contributed by atoms with E-state index in [9.17, 15) is 0 Å². The highest BCUT2D eigenvalue weighted by molar-refractivity contribution is 6.24. The van der Waals surface area contributed by atoms with Crippen molar-refractivity contribution in [2.45, 2.75) is 27.7 Å². The second kappa shape index (κ2) is 11.2. The van der Waals surface area contributed by atoms with Crippen molar-refractivity contribution in [1.29, 1.82) is 0 Å². The van der Waals surface area contributed by atoms with Crippen molar-refractivity contribution in [2.75, 3.05) is 6.54 Å². The van der Waals surface area contributed by atoms with Crippen LogP contribution in [0.2, 0.25) is 0 Å². The van der Waals surface area contributed by atoms with E-state index in [1.54, 1.807) is 0 Å². The van der Waals surface area contributed by atoms with Gasteiger partial charge in [-0.05, 0) is 110 Å².